The van der Waals surface area contributed by atoms with Gasteiger partial charge in [-0.05, 0) is 25.5 Å². The molecule has 17 heavy (non-hydrogen) atoms. The van der Waals surface area contributed by atoms with E-state index in [1.807, 2.05) is 6.07 Å². The molecule has 0 saturated heterocycles. The number of hydrogen-bond acceptors (Lipinski definition) is 3. The van der Waals surface area contributed by atoms with E-state index in [0.29, 0.717) is 12.1 Å². The number of unbranched alkanes of at least 4 members (excludes halogenated alkanes) is 1. The third kappa shape index (κ3) is 4.25. The van der Waals surface area contributed by atoms with Gasteiger partial charge in [0.25, 0.3) is 5.69 Å². The van der Waals surface area contributed by atoms with Crippen LogP contribution in [0.5, 0.6) is 0 Å². The lowest BCUT2D eigenvalue weighted by Crippen LogP contribution is -2.14. The van der Waals surface area contributed by atoms with Gasteiger partial charge in [-0.1, -0.05) is 12.1 Å². The minimum Gasteiger partial charge on any atom is -0.313 e. The predicted molar refractivity (Wildman–Crippen MR) is 67.6 cm³/mol. The van der Waals surface area contributed by atoms with Crippen LogP contribution in [0, 0.1) is 29.4 Å². The van der Waals surface area contributed by atoms with Crippen LogP contribution < -0.4 is 5.32 Å². The number of rotatable bonds is 6. The van der Waals surface area contributed by atoms with Crippen molar-refractivity contribution in [3.63, 3.8) is 0 Å². The molecule has 0 radical (unpaired) electrons. The second-order valence-electron chi connectivity index (χ2n) is 3.86. The van der Waals surface area contributed by atoms with Crippen molar-refractivity contribution < 1.29 is 4.92 Å². The van der Waals surface area contributed by atoms with Crippen LogP contribution in [0.4, 0.5) is 5.69 Å². The molecule has 0 aliphatic carbocycles. The quantitative estimate of drug-likeness (QED) is 0.354. The normalized spacial score (nSPS) is 9.88. The maximum absolute atomic E-state index is 10.8. The van der Waals surface area contributed by atoms with Crippen molar-refractivity contribution in [3.05, 3.63) is 39.4 Å². The minimum atomic E-state index is -0.350. The first-order valence-electron chi connectivity index (χ1n) is 5.53. The van der Waals surface area contributed by atoms with Crippen LogP contribution in [0.15, 0.2) is 18.2 Å². The van der Waals surface area contributed by atoms with Crippen molar-refractivity contribution >= 4 is 5.69 Å². The Kier molecular flexibility index (Phi) is 5.18. The van der Waals surface area contributed by atoms with Crippen molar-refractivity contribution in [2.24, 2.45) is 0 Å². The molecule has 0 saturated carbocycles. The summed E-state index contributed by atoms with van der Waals surface area (Å²) in [6.07, 6.45) is 6.81. The van der Waals surface area contributed by atoms with Gasteiger partial charge in [-0.25, -0.2) is 0 Å². The molecule has 90 valence electrons. The first-order chi connectivity index (χ1) is 8.15. The van der Waals surface area contributed by atoms with Gasteiger partial charge in [-0.3, -0.25) is 10.1 Å². The zero-order chi connectivity index (χ0) is 12.7. The van der Waals surface area contributed by atoms with Crippen molar-refractivity contribution in [2.45, 2.75) is 26.3 Å². The van der Waals surface area contributed by atoms with E-state index in [4.69, 9.17) is 6.42 Å². The molecule has 0 bridgehead atoms. The molecule has 1 N–H and O–H groups in total. The fourth-order valence-corrected chi connectivity index (χ4v) is 1.51. The molecule has 0 aliphatic rings. The van der Waals surface area contributed by atoms with Crippen LogP contribution in [-0.4, -0.2) is 11.5 Å². The zero-order valence-corrected chi connectivity index (χ0v) is 9.90. The second kappa shape index (κ2) is 6.66. The highest BCUT2D eigenvalue weighted by Gasteiger charge is 2.10. The summed E-state index contributed by atoms with van der Waals surface area (Å²) in [5, 5.41) is 14.0. The molecular weight excluding hydrogens is 216 g/mol. The average molecular weight is 232 g/mol. The lowest BCUT2D eigenvalue weighted by atomic mass is 10.1. The van der Waals surface area contributed by atoms with Crippen molar-refractivity contribution in [2.75, 3.05) is 6.54 Å². The number of aryl methyl sites for hydroxylation is 1. The minimum absolute atomic E-state index is 0.174. The van der Waals surface area contributed by atoms with E-state index in [1.54, 1.807) is 19.1 Å². The van der Waals surface area contributed by atoms with Crippen LogP contribution >= 0.6 is 0 Å². The Morgan fingerprint density at radius 3 is 2.94 bits per heavy atom. The fourth-order valence-electron chi connectivity index (χ4n) is 1.51. The predicted octanol–water partition coefficient (Wildman–Crippen LogP) is 2.41. The first kappa shape index (κ1) is 13.2. The molecule has 0 aromatic heterocycles. The smallest absolute Gasteiger partial charge is 0.272 e. The summed E-state index contributed by atoms with van der Waals surface area (Å²) >= 11 is 0. The molecule has 0 spiro atoms. The molecule has 1 rings (SSSR count). The molecule has 0 amide bonds. The summed E-state index contributed by atoms with van der Waals surface area (Å²) in [6.45, 7) is 3.19. The molecule has 4 heteroatoms. The SMILES string of the molecule is C#CCCCNCc1ccc(C)c([N+](=O)[O-])c1. The van der Waals surface area contributed by atoms with E-state index in [0.717, 1.165) is 24.9 Å². The van der Waals surface area contributed by atoms with Crippen LogP contribution in [-0.2, 0) is 6.54 Å². The Morgan fingerprint density at radius 1 is 1.53 bits per heavy atom. The van der Waals surface area contributed by atoms with Crippen LogP contribution in [0.2, 0.25) is 0 Å². The number of terminal acetylenes is 1. The highest BCUT2D eigenvalue weighted by Crippen LogP contribution is 2.18. The van der Waals surface area contributed by atoms with E-state index >= 15 is 0 Å². The van der Waals surface area contributed by atoms with E-state index in [-0.39, 0.29) is 10.6 Å². The van der Waals surface area contributed by atoms with Crippen LogP contribution in [0.1, 0.15) is 24.0 Å². The van der Waals surface area contributed by atoms with E-state index in [1.165, 1.54) is 0 Å². The lowest BCUT2D eigenvalue weighted by molar-refractivity contribution is -0.385. The van der Waals surface area contributed by atoms with Gasteiger partial charge in [0.2, 0.25) is 0 Å². The number of nitro groups is 1. The van der Waals surface area contributed by atoms with Crippen LogP contribution in [0.3, 0.4) is 0 Å². The molecule has 0 aliphatic heterocycles. The molecule has 1 aromatic rings. The summed E-state index contributed by atoms with van der Waals surface area (Å²) in [6, 6.07) is 5.29. The van der Waals surface area contributed by atoms with E-state index in [9.17, 15) is 10.1 Å². The maximum atomic E-state index is 10.8. The number of benzene rings is 1. The van der Waals surface area contributed by atoms with Gasteiger partial charge in [0.15, 0.2) is 0 Å². The summed E-state index contributed by atoms with van der Waals surface area (Å²) in [5.41, 5.74) is 1.78. The van der Waals surface area contributed by atoms with Gasteiger partial charge in [-0.15, -0.1) is 12.3 Å². The highest BCUT2D eigenvalue weighted by atomic mass is 16.6. The third-order valence-electron chi connectivity index (χ3n) is 2.47. The van der Waals surface area contributed by atoms with Crippen molar-refractivity contribution in [1.82, 2.24) is 5.32 Å². The molecular formula is C13H16N2O2. The summed E-state index contributed by atoms with van der Waals surface area (Å²) in [5.74, 6) is 2.57. The molecule has 1 aromatic carbocycles. The Balaban J connectivity index is 2.52. The maximum Gasteiger partial charge on any atom is 0.272 e. The Hall–Kier alpha value is -1.86. The standard InChI is InChI=1S/C13H16N2O2/c1-3-4-5-8-14-10-12-7-6-11(2)13(9-12)15(16)17/h1,6-7,9,14H,4-5,8,10H2,2H3. The van der Waals surface area contributed by atoms with E-state index in [2.05, 4.69) is 11.2 Å². The van der Waals surface area contributed by atoms with Gasteiger partial charge in [0, 0.05) is 24.6 Å². The van der Waals surface area contributed by atoms with Crippen LogP contribution in [0.25, 0.3) is 0 Å². The molecule has 0 unspecified atom stereocenters. The Bertz CT molecular complexity index is 436. The van der Waals surface area contributed by atoms with Gasteiger partial charge < -0.3 is 5.32 Å². The fraction of sp³-hybridized carbons (Fsp3) is 0.385. The van der Waals surface area contributed by atoms with Gasteiger partial charge >= 0.3 is 0 Å². The largest absolute Gasteiger partial charge is 0.313 e. The van der Waals surface area contributed by atoms with Crippen molar-refractivity contribution in [3.8, 4) is 12.3 Å². The van der Waals surface area contributed by atoms with Gasteiger partial charge in [0.1, 0.15) is 0 Å². The highest BCUT2D eigenvalue weighted by molar-refractivity contribution is 5.42. The third-order valence-corrected chi connectivity index (χ3v) is 2.47. The summed E-state index contributed by atoms with van der Waals surface area (Å²) < 4.78 is 0. The van der Waals surface area contributed by atoms with Crippen molar-refractivity contribution in [1.29, 1.82) is 0 Å². The number of nitrogens with one attached hydrogen (secondary N) is 1. The van der Waals surface area contributed by atoms with Gasteiger partial charge in [0.05, 0.1) is 4.92 Å². The number of hydrogen-bond donors (Lipinski definition) is 1. The summed E-state index contributed by atoms with van der Waals surface area (Å²) in [4.78, 5) is 10.4. The molecule has 0 fully saturated rings. The number of nitrogens with zero attached hydrogens (tertiary/aromatic N) is 1. The van der Waals surface area contributed by atoms with Gasteiger partial charge in [-0.2, -0.15) is 0 Å². The van der Waals surface area contributed by atoms with E-state index < -0.39 is 0 Å². The molecule has 0 atom stereocenters. The first-order valence-corrected chi connectivity index (χ1v) is 5.53. The second-order valence-corrected chi connectivity index (χ2v) is 3.86. The summed E-state index contributed by atoms with van der Waals surface area (Å²) in [7, 11) is 0. The monoisotopic (exact) mass is 232 g/mol. The molecule has 4 nitrogen and oxygen atoms in total. The number of nitro benzene ring substituents is 1. The average Bonchev–Trinajstić information content (AvgIpc) is 2.30. The zero-order valence-electron chi connectivity index (χ0n) is 9.90. The topological polar surface area (TPSA) is 55.2 Å². The Morgan fingerprint density at radius 2 is 2.29 bits per heavy atom. The Labute approximate surface area is 101 Å². The molecule has 0 heterocycles. The lowest BCUT2D eigenvalue weighted by Gasteiger charge is -2.04.